The van der Waals surface area contributed by atoms with E-state index in [4.69, 9.17) is 4.74 Å². The molecule has 13 heavy (non-hydrogen) atoms. The third kappa shape index (κ3) is 5.52. The van der Waals surface area contributed by atoms with Crippen molar-refractivity contribution in [3.8, 4) is 0 Å². The molecule has 0 aliphatic heterocycles. The molecule has 0 heterocycles. The van der Waals surface area contributed by atoms with Crippen LogP contribution >= 0.6 is 0 Å². The van der Waals surface area contributed by atoms with Crippen LogP contribution in [0, 0.1) is 0 Å². The lowest BCUT2D eigenvalue weighted by molar-refractivity contribution is -0.133. The van der Waals surface area contributed by atoms with E-state index in [0.717, 1.165) is 0 Å². The predicted molar refractivity (Wildman–Crippen MR) is 44.7 cm³/mol. The Morgan fingerprint density at radius 2 is 2.08 bits per heavy atom. The summed E-state index contributed by atoms with van der Waals surface area (Å²) in [7, 11) is 0. The number of rotatable bonds is 5. The van der Waals surface area contributed by atoms with Gasteiger partial charge in [0.2, 0.25) is 0 Å². The number of carbonyl (C=O) groups is 1. The zero-order chi connectivity index (χ0) is 10.5. The third-order valence-electron chi connectivity index (χ3n) is 1.42. The molecule has 0 aromatic carbocycles. The van der Waals surface area contributed by atoms with E-state index in [9.17, 15) is 13.6 Å². The van der Waals surface area contributed by atoms with Crippen molar-refractivity contribution in [2.45, 2.75) is 32.8 Å². The maximum Gasteiger partial charge on any atom is 0.315 e. The molecule has 78 valence electrons. The maximum atomic E-state index is 11.7. The van der Waals surface area contributed by atoms with Crippen LogP contribution in [0.3, 0.4) is 0 Å². The highest BCUT2D eigenvalue weighted by atomic mass is 19.3. The van der Waals surface area contributed by atoms with E-state index < -0.39 is 17.9 Å². The molecule has 5 heteroatoms. The molecule has 0 radical (unpaired) electrons. The lowest BCUT2D eigenvalue weighted by Gasteiger charge is -2.24. The molecule has 1 N–H and O–H groups in total. The number of hydrogen-bond acceptors (Lipinski definition) is 2. The molecular weight excluding hydrogens is 180 g/mol. The molecule has 0 aromatic heterocycles. The zero-order valence-electron chi connectivity index (χ0n) is 8.06. The standard InChI is InChI=1S/C8H15F2NO2/c1-4-13-8(2,3)5-11-7(12)6(9)10/h6H,4-5H2,1-3H3,(H,11,12). The first kappa shape index (κ1) is 12.3. The van der Waals surface area contributed by atoms with Crippen LogP contribution in [0.4, 0.5) is 8.78 Å². The highest BCUT2D eigenvalue weighted by molar-refractivity contribution is 5.79. The number of nitrogens with one attached hydrogen (secondary N) is 1. The Kier molecular flexibility index (Phi) is 4.83. The number of carbonyl (C=O) groups excluding carboxylic acids is 1. The molecule has 1 amide bonds. The normalized spacial score (nSPS) is 11.8. The summed E-state index contributed by atoms with van der Waals surface area (Å²) in [5.74, 6) is -1.26. The highest BCUT2D eigenvalue weighted by Crippen LogP contribution is 2.07. The SMILES string of the molecule is CCOC(C)(C)CNC(=O)C(F)F. The quantitative estimate of drug-likeness (QED) is 0.715. The van der Waals surface area contributed by atoms with Gasteiger partial charge in [-0.3, -0.25) is 4.79 Å². The summed E-state index contributed by atoms with van der Waals surface area (Å²) < 4.78 is 28.7. The van der Waals surface area contributed by atoms with Gasteiger partial charge < -0.3 is 10.1 Å². The first-order valence-electron chi connectivity index (χ1n) is 4.09. The van der Waals surface area contributed by atoms with Crippen molar-refractivity contribution in [3.05, 3.63) is 0 Å². The lowest BCUT2D eigenvalue weighted by Crippen LogP contribution is -2.42. The van der Waals surface area contributed by atoms with Crippen LogP contribution < -0.4 is 5.32 Å². The monoisotopic (exact) mass is 195 g/mol. The Morgan fingerprint density at radius 3 is 2.46 bits per heavy atom. The molecule has 0 rings (SSSR count). The average molecular weight is 195 g/mol. The van der Waals surface area contributed by atoms with Gasteiger partial charge in [-0.15, -0.1) is 0 Å². The summed E-state index contributed by atoms with van der Waals surface area (Å²) in [5, 5.41) is 2.09. The fourth-order valence-corrected chi connectivity index (χ4v) is 0.819. The molecule has 0 atom stereocenters. The number of halogens is 2. The molecule has 0 bridgehead atoms. The van der Waals surface area contributed by atoms with Crippen LogP contribution in [0.25, 0.3) is 0 Å². The molecule has 0 saturated carbocycles. The topological polar surface area (TPSA) is 38.3 Å². The van der Waals surface area contributed by atoms with E-state index in [0.29, 0.717) is 6.61 Å². The van der Waals surface area contributed by atoms with Crippen LogP contribution in [-0.2, 0) is 9.53 Å². The Bertz CT molecular complexity index is 172. The van der Waals surface area contributed by atoms with E-state index in [1.165, 1.54) is 0 Å². The fourth-order valence-electron chi connectivity index (χ4n) is 0.819. The van der Waals surface area contributed by atoms with Crippen molar-refractivity contribution in [3.63, 3.8) is 0 Å². The van der Waals surface area contributed by atoms with Crippen LogP contribution in [0.5, 0.6) is 0 Å². The van der Waals surface area contributed by atoms with Crippen LogP contribution in [-0.4, -0.2) is 31.1 Å². The Balaban J connectivity index is 3.80. The maximum absolute atomic E-state index is 11.7. The summed E-state index contributed by atoms with van der Waals surface area (Å²) in [6.07, 6.45) is -2.96. The van der Waals surface area contributed by atoms with Crippen LogP contribution in [0.15, 0.2) is 0 Å². The number of ether oxygens (including phenoxy) is 1. The molecule has 0 unspecified atom stereocenters. The summed E-state index contributed by atoms with van der Waals surface area (Å²) >= 11 is 0. The van der Waals surface area contributed by atoms with E-state index >= 15 is 0 Å². The third-order valence-corrected chi connectivity index (χ3v) is 1.42. The van der Waals surface area contributed by atoms with Gasteiger partial charge in [0.05, 0.1) is 5.60 Å². The second kappa shape index (κ2) is 5.11. The van der Waals surface area contributed by atoms with Crippen molar-refractivity contribution in [2.75, 3.05) is 13.2 Å². The predicted octanol–water partition coefficient (Wildman–Crippen LogP) is 1.18. The Morgan fingerprint density at radius 1 is 1.54 bits per heavy atom. The smallest absolute Gasteiger partial charge is 0.315 e. The van der Waals surface area contributed by atoms with E-state index in [-0.39, 0.29) is 6.54 Å². The van der Waals surface area contributed by atoms with E-state index in [1.54, 1.807) is 20.8 Å². The van der Waals surface area contributed by atoms with Gasteiger partial charge in [-0.25, -0.2) is 0 Å². The van der Waals surface area contributed by atoms with Gasteiger partial charge in [0.1, 0.15) is 0 Å². The van der Waals surface area contributed by atoms with Crippen molar-refractivity contribution in [1.29, 1.82) is 0 Å². The van der Waals surface area contributed by atoms with Crippen LogP contribution in [0.1, 0.15) is 20.8 Å². The van der Waals surface area contributed by atoms with Crippen molar-refractivity contribution in [1.82, 2.24) is 5.32 Å². The minimum Gasteiger partial charge on any atom is -0.374 e. The van der Waals surface area contributed by atoms with Gasteiger partial charge >= 0.3 is 6.43 Å². The first-order chi connectivity index (χ1) is 5.89. The Hall–Kier alpha value is -0.710. The molecule has 0 spiro atoms. The number of amides is 1. The summed E-state index contributed by atoms with van der Waals surface area (Å²) in [6.45, 7) is 5.82. The molecule has 0 aliphatic rings. The fraction of sp³-hybridized carbons (Fsp3) is 0.875. The molecular formula is C8H15F2NO2. The van der Waals surface area contributed by atoms with Gasteiger partial charge in [0.25, 0.3) is 5.91 Å². The minimum atomic E-state index is -2.96. The summed E-state index contributed by atoms with van der Waals surface area (Å²) in [6, 6.07) is 0. The number of alkyl halides is 2. The van der Waals surface area contributed by atoms with Gasteiger partial charge in [0, 0.05) is 13.2 Å². The summed E-state index contributed by atoms with van der Waals surface area (Å²) in [5.41, 5.74) is -0.598. The van der Waals surface area contributed by atoms with Gasteiger partial charge in [-0.05, 0) is 20.8 Å². The molecule has 0 aromatic rings. The molecule has 0 fully saturated rings. The minimum absolute atomic E-state index is 0.0873. The molecule has 3 nitrogen and oxygen atoms in total. The zero-order valence-corrected chi connectivity index (χ0v) is 8.06. The lowest BCUT2D eigenvalue weighted by atomic mass is 10.1. The van der Waals surface area contributed by atoms with E-state index in [1.807, 2.05) is 0 Å². The van der Waals surface area contributed by atoms with Gasteiger partial charge in [-0.2, -0.15) is 8.78 Å². The molecule has 0 aliphatic carbocycles. The number of hydrogen-bond donors (Lipinski definition) is 1. The largest absolute Gasteiger partial charge is 0.374 e. The van der Waals surface area contributed by atoms with Crippen LogP contribution in [0.2, 0.25) is 0 Å². The Labute approximate surface area is 76.4 Å². The average Bonchev–Trinajstić information content (AvgIpc) is 2.00. The van der Waals surface area contributed by atoms with Crippen molar-refractivity contribution in [2.24, 2.45) is 0 Å². The van der Waals surface area contributed by atoms with Gasteiger partial charge in [-0.1, -0.05) is 0 Å². The second-order valence-corrected chi connectivity index (χ2v) is 3.21. The van der Waals surface area contributed by atoms with Crippen molar-refractivity contribution >= 4 is 5.91 Å². The van der Waals surface area contributed by atoms with E-state index in [2.05, 4.69) is 5.32 Å². The summed E-state index contributed by atoms with van der Waals surface area (Å²) in [4.78, 5) is 10.5. The second-order valence-electron chi connectivity index (χ2n) is 3.21. The first-order valence-corrected chi connectivity index (χ1v) is 4.09. The molecule has 0 saturated heterocycles. The van der Waals surface area contributed by atoms with Crippen molar-refractivity contribution < 1.29 is 18.3 Å². The van der Waals surface area contributed by atoms with Gasteiger partial charge in [0.15, 0.2) is 0 Å². The highest BCUT2D eigenvalue weighted by Gasteiger charge is 2.21.